The fourth-order valence-corrected chi connectivity index (χ4v) is 5.68. The number of nitrogens with zero attached hydrogens (tertiary/aromatic N) is 5. The van der Waals surface area contributed by atoms with E-state index in [0.29, 0.717) is 17.1 Å². The van der Waals surface area contributed by atoms with Gasteiger partial charge in [-0.05, 0) is 41.0 Å². The van der Waals surface area contributed by atoms with E-state index < -0.39 is 30.1 Å². The van der Waals surface area contributed by atoms with E-state index in [0.717, 1.165) is 16.7 Å². The molecule has 3 aromatic carbocycles. The lowest BCUT2D eigenvalue weighted by Crippen LogP contribution is -2.38. The van der Waals surface area contributed by atoms with Gasteiger partial charge in [0.25, 0.3) is 5.88 Å². The molecule has 13 nitrogen and oxygen atoms in total. The zero-order valence-corrected chi connectivity index (χ0v) is 26.4. The highest BCUT2D eigenvalue weighted by atomic mass is 16.6. The van der Waals surface area contributed by atoms with Gasteiger partial charge in [0.1, 0.15) is 29.4 Å². The second kappa shape index (κ2) is 13.2. The van der Waals surface area contributed by atoms with Crippen LogP contribution in [0.25, 0.3) is 11.2 Å². The fraction of sp³-hybridized carbons (Fsp3) is 0.294. The Labute approximate surface area is 271 Å². The first-order valence-corrected chi connectivity index (χ1v) is 14.9. The minimum Gasteiger partial charge on any atom is -0.497 e. The molecule has 13 heteroatoms. The van der Waals surface area contributed by atoms with Crippen molar-refractivity contribution in [3.05, 3.63) is 102 Å². The van der Waals surface area contributed by atoms with Crippen LogP contribution in [-0.2, 0) is 15.1 Å². The number of benzene rings is 3. The number of hydrogen-bond donors (Lipinski definition) is 2. The van der Waals surface area contributed by atoms with Gasteiger partial charge >= 0.3 is 6.09 Å². The maximum atomic E-state index is 12.2. The molecule has 5 aromatic rings. The van der Waals surface area contributed by atoms with E-state index in [1.165, 1.54) is 11.2 Å². The Balaban J connectivity index is 1.33. The van der Waals surface area contributed by atoms with Crippen LogP contribution in [0.5, 0.6) is 17.4 Å². The Bertz CT molecular complexity index is 1780. The number of amides is 1. The third kappa shape index (κ3) is 6.15. The molecule has 1 aliphatic rings. The van der Waals surface area contributed by atoms with Crippen LogP contribution in [0, 0.1) is 0 Å². The molecule has 1 aliphatic heterocycles. The first-order chi connectivity index (χ1) is 22.7. The van der Waals surface area contributed by atoms with Crippen LogP contribution in [-0.4, -0.2) is 82.7 Å². The molecule has 0 bridgehead atoms. The van der Waals surface area contributed by atoms with Gasteiger partial charge in [0.15, 0.2) is 11.2 Å². The molecule has 244 valence electrons. The average Bonchev–Trinajstić information content (AvgIpc) is 3.68. The van der Waals surface area contributed by atoms with Gasteiger partial charge in [-0.25, -0.2) is 9.78 Å². The number of nitrogens with two attached hydrogens (primary N) is 1. The monoisotopic (exact) mass is 640 g/mol. The average molecular weight is 641 g/mol. The van der Waals surface area contributed by atoms with Crippen LogP contribution < -0.4 is 19.9 Å². The van der Waals surface area contributed by atoms with Crippen LogP contribution in [0.15, 0.2) is 85.2 Å². The molecular formula is C34H36N6O7. The summed E-state index contributed by atoms with van der Waals surface area (Å²) in [5.41, 5.74) is 7.99. The summed E-state index contributed by atoms with van der Waals surface area (Å²) in [6.07, 6.45) is -1.19. The minimum atomic E-state index is -1.09. The summed E-state index contributed by atoms with van der Waals surface area (Å²) < 4.78 is 31.2. The highest BCUT2D eigenvalue weighted by molar-refractivity contribution is 5.81. The SMILES string of the molecule is COc1ccc(C(OC[C@H]2O[C@@H](n3cnc4c(OC(=O)N(C)C)nc(N)nc43)C[C@@H]2O)(c2ccccc2)c2ccc(OC)cc2)cc1. The number of anilines is 1. The molecule has 1 fully saturated rings. The fourth-order valence-electron chi connectivity index (χ4n) is 5.68. The largest absolute Gasteiger partial charge is 0.497 e. The lowest BCUT2D eigenvalue weighted by Gasteiger charge is -2.37. The lowest BCUT2D eigenvalue weighted by atomic mass is 9.80. The Hall–Kier alpha value is -5.24. The van der Waals surface area contributed by atoms with Crippen molar-refractivity contribution >= 4 is 23.2 Å². The zero-order chi connectivity index (χ0) is 33.1. The lowest BCUT2D eigenvalue weighted by molar-refractivity contribution is -0.0931. The molecule has 47 heavy (non-hydrogen) atoms. The number of aromatic nitrogens is 4. The third-order valence-electron chi connectivity index (χ3n) is 8.11. The quantitative estimate of drug-likeness (QED) is 0.212. The molecule has 2 aromatic heterocycles. The zero-order valence-electron chi connectivity index (χ0n) is 26.4. The Kier molecular flexibility index (Phi) is 8.94. The second-order valence-corrected chi connectivity index (χ2v) is 11.2. The highest BCUT2D eigenvalue weighted by Crippen LogP contribution is 2.43. The Morgan fingerprint density at radius 1 is 0.957 bits per heavy atom. The van der Waals surface area contributed by atoms with Gasteiger partial charge in [-0.1, -0.05) is 54.6 Å². The molecule has 0 aliphatic carbocycles. The predicted octanol–water partition coefficient (Wildman–Crippen LogP) is 4.14. The normalized spacial score (nSPS) is 17.9. The van der Waals surface area contributed by atoms with Gasteiger partial charge in [0, 0.05) is 20.5 Å². The van der Waals surface area contributed by atoms with Gasteiger partial charge in [0.05, 0.1) is 33.3 Å². The maximum Gasteiger partial charge on any atom is 0.416 e. The van der Waals surface area contributed by atoms with Gasteiger partial charge in [-0.2, -0.15) is 9.97 Å². The van der Waals surface area contributed by atoms with E-state index >= 15 is 0 Å². The number of rotatable bonds is 10. The van der Waals surface area contributed by atoms with Gasteiger partial charge in [-0.3, -0.25) is 4.57 Å². The minimum absolute atomic E-state index is 0.0278. The Morgan fingerprint density at radius 3 is 2.13 bits per heavy atom. The van der Waals surface area contributed by atoms with E-state index in [1.54, 1.807) is 32.9 Å². The second-order valence-electron chi connectivity index (χ2n) is 11.2. The van der Waals surface area contributed by atoms with Crippen LogP contribution in [0.1, 0.15) is 29.3 Å². The van der Waals surface area contributed by atoms with Crippen LogP contribution in [0.2, 0.25) is 0 Å². The first kappa shape index (κ1) is 31.7. The third-order valence-corrected chi connectivity index (χ3v) is 8.11. The Morgan fingerprint density at radius 2 is 1.55 bits per heavy atom. The predicted molar refractivity (Wildman–Crippen MR) is 172 cm³/mol. The molecule has 1 saturated heterocycles. The number of hydrogen-bond acceptors (Lipinski definition) is 11. The number of imidazole rings is 1. The highest BCUT2D eigenvalue weighted by Gasteiger charge is 2.42. The van der Waals surface area contributed by atoms with Gasteiger partial charge in [-0.15, -0.1) is 0 Å². The number of ether oxygens (including phenoxy) is 5. The van der Waals surface area contributed by atoms with Crippen molar-refractivity contribution in [2.75, 3.05) is 40.7 Å². The summed E-state index contributed by atoms with van der Waals surface area (Å²) in [4.78, 5) is 26.2. The van der Waals surface area contributed by atoms with E-state index in [1.807, 2.05) is 78.9 Å². The first-order valence-electron chi connectivity index (χ1n) is 14.9. The maximum absolute atomic E-state index is 12.2. The number of fused-ring (bicyclic) bond motifs is 1. The molecule has 0 spiro atoms. The summed E-state index contributed by atoms with van der Waals surface area (Å²) in [5.74, 6) is 1.24. The standard InChI is InChI=1S/C34H36N6O7/c1-39(2)33(42)47-31-29-30(37-32(35)38-31)40(20-36-29)28-18-26(41)27(46-28)19-45-34(21-8-6-5-7-9-21,22-10-14-24(43-3)15-11-22)23-12-16-25(44-4)17-13-23/h5-17,20,26-28,41H,18-19H2,1-4H3,(H2,35,37,38)/t26-,27+,28+/m0/s1. The summed E-state index contributed by atoms with van der Waals surface area (Å²) in [6, 6.07) is 25.3. The summed E-state index contributed by atoms with van der Waals surface area (Å²) in [5, 5.41) is 11.3. The van der Waals surface area contributed by atoms with Crippen molar-refractivity contribution in [2.45, 2.75) is 30.5 Å². The number of aliphatic hydroxyl groups is 1. The molecular weight excluding hydrogens is 604 g/mol. The number of carbonyl (C=O) groups is 1. The number of carbonyl (C=O) groups excluding carboxylic acids is 1. The van der Waals surface area contributed by atoms with E-state index in [4.69, 9.17) is 29.4 Å². The van der Waals surface area contributed by atoms with Crippen LogP contribution in [0.3, 0.4) is 0 Å². The molecule has 0 unspecified atom stereocenters. The topological polar surface area (TPSA) is 156 Å². The molecule has 3 atom stereocenters. The molecule has 0 saturated carbocycles. The van der Waals surface area contributed by atoms with Crippen molar-refractivity contribution in [2.24, 2.45) is 0 Å². The molecule has 6 rings (SSSR count). The van der Waals surface area contributed by atoms with E-state index in [2.05, 4.69) is 15.0 Å². The van der Waals surface area contributed by atoms with Crippen molar-refractivity contribution in [3.63, 3.8) is 0 Å². The molecule has 3 N–H and O–H groups in total. The van der Waals surface area contributed by atoms with Crippen molar-refractivity contribution < 1.29 is 33.6 Å². The summed E-state index contributed by atoms with van der Waals surface area (Å²) >= 11 is 0. The van der Waals surface area contributed by atoms with Crippen LogP contribution >= 0.6 is 0 Å². The van der Waals surface area contributed by atoms with Gasteiger partial charge < -0.3 is 39.4 Å². The van der Waals surface area contributed by atoms with Crippen molar-refractivity contribution in [3.8, 4) is 17.4 Å². The smallest absolute Gasteiger partial charge is 0.416 e. The van der Waals surface area contributed by atoms with E-state index in [-0.39, 0.29) is 30.4 Å². The summed E-state index contributed by atoms with van der Waals surface area (Å²) in [7, 11) is 6.34. The molecule has 3 heterocycles. The number of methoxy groups -OCH3 is 2. The number of nitrogen functional groups attached to an aromatic ring is 1. The van der Waals surface area contributed by atoms with Crippen LogP contribution in [0.4, 0.5) is 10.7 Å². The number of aliphatic hydroxyl groups excluding tert-OH is 1. The van der Waals surface area contributed by atoms with E-state index in [9.17, 15) is 9.90 Å². The molecule has 1 amide bonds. The summed E-state index contributed by atoms with van der Waals surface area (Å²) in [6.45, 7) is 0.0278. The molecule has 0 radical (unpaired) electrons. The van der Waals surface area contributed by atoms with Crippen molar-refractivity contribution in [1.29, 1.82) is 0 Å². The van der Waals surface area contributed by atoms with Crippen molar-refractivity contribution in [1.82, 2.24) is 24.4 Å². The van der Waals surface area contributed by atoms with Gasteiger partial charge in [0.2, 0.25) is 5.95 Å².